The fraction of sp³-hybridized carbons (Fsp3) is 0.375. The lowest BCUT2D eigenvalue weighted by atomic mass is 9.96. The predicted molar refractivity (Wildman–Crippen MR) is 92.6 cm³/mol. The molecule has 0 saturated carbocycles. The third-order valence-electron chi connectivity index (χ3n) is 3.12. The highest BCUT2D eigenvalue weighted by atomic mass is 79.9. The molecule has 0 aliphatic rings. The van der Waals surface area contributed by atoms with Crippen molar-refractivity contribution in [2.24, 2.45) is 0 Å². The van der Waals surface area contributed by atoms with Crippen molar-refractivity contribution in [1.29, 1.82) is 0 Å². The summed E-state index contributed by atoms with van der Waals surface area (Å²) in [5.74, 6) is 1.44. The van der Waals surface area contributed by atoms with Gasteiger partial charge in [0.05, 0.1) is 0 Å². The Balaban J connectivity index is 2.43. The van der Waals surface area contributed by atoms with Gasteiger partial charge in [-0.15, -0.1) is 0 Å². The number of aryl methyl sites for hydroxylation is 2. The number of anilines is 2. The van der Waals surface area contributed by atoms with E-state index in [2.05, 4.69) is 78.0 Å². The molecule has 0 saturated heterocycles. The minimum absolute atomic E-state index is 0.148. The number of aromatic nitrogens is 2. The summed E-state index contributed by atoms with van der Waals surface area (Å²) >= 11 is 9.64. The zero-order valence-electron chi connectivity index (χ0n) is 12.9. The molecule has 1 N–H and O–H groups in total. The minimum Gasteiger partial charge on any atom is -0.340 e. The Labute approximate surface area is 139 Å². The quantitative estimate of drug-likeness (QED) is 0.706. The van der Waals surface area contributed by atoms with Gasteiger partial charge < -0.3 is 5.32 Å². The second-order valence-corrected chi connectivity index (χ2v) is 7.49. The SMILES string of the molecule is Cc1cc(Br)cc(C)c1Nc1cc(Cl)nc(C(C)(C)C)n1. The van der Waals surface area contributed by atoms with Crippen LogP contribution in [0.2, 0.25) is 5.15 Å². The van der Waals surface area contributed by atoms with Gasteiger partial charge >= 0.3 is 0 Å². The van der Waals surface area contributed by atoms with Crippen LogP contribution in [0.25, 0.3) is 0 Å². The van der Waals surface area contributed by atoms with Crippen LogP contribution < -0.4 is 5.32 Å². The van der Waals surface area contributed by atoms with E-state index >= 15 is 0 Å². The molecule has 1 aromatic heterocycles. The average molecular weight is 369 g/mol. The van der Waals surface area contributed by atoms with Crippen molar-refractivity contribution in [3.05, 3.63) is 44.8 Å². The molecular formula is C16H19BrClN3. The molecule has 0 spiro atoms. The van der Waals surface area contributed by atoms with E-state index in [1.165, 1.54) is 0 Å². The monoisotopic (exact) mass is 367 g/mol. The van der Waals surface area contributed by atoms with E-state index in [4.69, 9.17) is 11.6 Å². The third-order valence-corrected chi connectivity index (χ3v) is 3.77. The number of nitrogens with zero attached hydrogens (tertiary/aromatic N) is 2. The highest BCUT2D eigenvalue weighted by molar-refractivity contribution is 9.10. The third kappa shape index (κ3) is 3.95. The van der Waals surface area contributed by atoms with Crippen LogP contribution in [-0.2, 0) is 5.41 Å². The van der Waals surface area contributed by atoms with E-state index in [9.17, 15) is 0 Å². The molecule has 1 heterocycles. The Morgan fingerprint density at radius 1 is 1.05 bits per heavy atom. The summed E-state index contributed by atoms with van der Waals surface area (Å²) in [4.78, 5) is 8.90. The van der Waals surface area contributed by atoms with Crippen LogP contribution in [0.5, 0.6) is 0 Å². The molecule has 112 valence electrons. The summed E-state index contributed by atoms with van der Waals surface area (Å²) in [6.45, 7) is 10.3. The number of hydrogen-bond donors (Lipinski definition) is 1. The smallest absolute Gasteiger partial charge is 0.137 e. The summed E-state index contributed by atoms with van der Waals surface area (Å²) in [7, 11) is 0. The number of hydrogen-bond acceptors (Lipinski definition) is 3. The van der Waals surface area contributed by atoms with Crippen LogP contribution in [0, 0.1) is 13.8 Å². The van der Waals surface area contributed by atoms with Crippen LogP contribution in [0.3, 0.4) is 0 Å². The maximum atomic E-state index is 6.13. The van der Waals surface area contributed by atoms with Gasteiger partial charge in [-0.3, -0.25) is 0 Å². The van der Waals surface area contributed by atoms with E-state index in [0.29, 0.717) is 11.0 Å². The van der Waals surface area contributed by atoms with Crippen molar-refractivity contribution >= 4 is 39.0 Å². The maximum Gasteiger partial charge on any atom is 0.137 e. The molecule has 5 heteroatoms. The second-order valence-electron chi connectivity index (χ2n) is 6.19. The highest BCUT2D eigenvalue weighted by Crippen LogP contribution is 2.29. The topological polar surface area (TPSA) is 37.8 Å². The maximum absolute atomic E-state index is 6.13. The normalized spacial score (nSPS) is 11.6. The number of benzene rings is 1. The molecule has 1 aromatic carbocycles. The van der Waals surface area contributed by atoms with Gasteiger partial charge in [-0.25, -0.2) is 9.97 Å². The molecule has 0 amide bonds. The number of rotatable bonds is 2. The Morgan fingerprint density at radius 2 is 1.62 bits per heavy atom. The molecule has 3 nitrogen and oxygen atoms in total. The Hall–Kier alpha value is -1.13. The van der Waals surface area contributed by atoms with Gasteiger partial charge in [-0.2, -0.15) is 0 Å². The molecule has 0 aliphatic carbocycles. The van der Waals surface area contributed by atoms with Gasteiger partial charge in [0.25, 0.3) is 0 Å². The second kappa shape index (κ2) is 5.93. The van der Waals surface area contributed by atoms with Crippen LogP contribution in [0.4, 0.5) is 11.5 Å². The average Bonchev–Trinajstić information content (AvgIpc) is 2.32. The molecule has 0 unspecified atom stereocenters. The summed E-state index contributed by atoms with van der Waals surface area (Å²) in [5.41, 5.74) is 3.20. The fourth-order valence-electron chi connectivity index (χ4n) is 2.05. The molecule has 0 aliphatic heterocycles. The largest absolute Gasteiger partial charge is 0.340 e. The highest BCUT2D eigenvalue weighted by Gasteiger charge is 2.19. The summed E-state index contributed by atoms with van der Waals surface area (Å²) in [6.07, 6.45) is 0. The summed E-state index contributed by atoms with van der Waals surface area (Å²) in [5, 5.41) is 3.81. The lowest BCUT2D eigenvalue weighted by Crippen LogP contribution is -2.17. The summed E-state index contributed by atoms with van der Waals surface area (Å²) in [6, 6.07) is 5.89. The van der Waals surface area contributed by atoms with Crippen molar-refractivity contribution < 1.29 is 0 Å². The van der Waals surface area contributed by atoms with Gasteiger partial charge in [0.15, 0.2) is 0 Å². The van der Waals surface area contributed by atoms with Gasteiger partial charge in [-0.05, 0) is 37.1 Å². The Bertz CT molecular complexity index is 655. The van der Waals surface area contributed by atoms with E-state index in [-0.39, 0.29) is 5.41 Å². The van der Waals surface area contributed by atoms with E-state index in [0.717, 1.165) is 27.1 Å². The number of halogens is 2. The van der Waals surface area contributed by atoms with Crippen LogP contribution in [0.1, 0.15) is 37.7 Å². The minimum atomic E-state index is -0.148. The molecule has 21 heavy (non-hydrogen) atoms. The fourth-order valence-corrected chi connectivity index (χ4v) is 2.92. The first kappa shape index (κ1) is 16.2. The van der Waals surface area contributed by atoms with Gasteiger partial charge in [0, 0.05) is 21.6 Å². The Morgan fingerprint density at radius 3 is 2.14 bits per heavy atom. The van der Waals surface area contributed by atoms with Crippen molar-refractivity contribution in [2.45, 2.75) is 40.0 Å². The molecule has 0 fully saturated rings. The zero-order valence-corrected chi connectivity index (χ0v) is 15.2. The predicted octanol–water partition coefficient (Wildman–Crippen LogP) is 5.55. The summed E-state index contributed by atoms with van der Waals surface area (Å²) < 4.78 is 1.07. The zero-order chi connectivity index (χ0) is 15.8. The van der Waals surface area contributed by atoms with E-state index in [1.54, 1.807) is 6.07 Å². The van der Waals surface area contributed by atoms with Gasteiger partial charge in [0.1, 0.15) is 16.8 Å². The van der Waals surface area contributed by atoms with Gasteiger partial charge in [-0.1, -0.05) is 48.3 Å². The van der Waals surface area contributed by atoms with Crippen molar-refractivity contribution in [2.75, 3.05) is 5.32 Å². The van der Waals surface area contributed by atoms with Gasteiger partial charge in [0.2, 0.25) is 0 Å². The first-order valence-corrected chi connectivity index (χ1v) is 7.93. The number of nitrogens with one attached hydrogen (secondary N) is 1. The van der Waals surface area contributed by atoms with Crippen LogP contribution in [0.15, 0.2) is 22.7 Å². The van der Waals surface area contributed by atoms with Crippen LogP contribution in [-0.4, -0.2) is 9.97 Å². The molecule has 2 rings (SSSR count). The lowest BCUT2D eigenvalue weighted by Gasteiger charge is -2.19. The van der Waals surface area contributed by atoms with Crippen molar-refractivity contribution in [3.8, 4) is 0 Å². The molecule has 0 atom stereocenters. The molecule has 0 bridgehead atoms. The van der Waals surface area contributed by atoms with E-state index in [1.807, 2.05) is 0 Å². The van der Waals surface area contributed by atoms with E-state index < -0.39 is 0 Å². The molecular weight excluding hydrogens is 350 g/mol. The molecule has 0 radical (unpaired) electrons. The standard InChI is InChI=1S/C16H19BrClN3/c1-9-6-11(17)7-10(2)14(9)20-13-8-12(18)19-15(21-13)16(3,4)5/h6-8H,1-5H3,(H,19,20,21). The Kier molecular flexibility index (Phi) is 4.59. The first-order chi connectivity index (χ1) is 9.66. The lowest BCUT2D eigenvalue weighted by molar-refractivity contribution is 0.546. The van der Waals surface area contributed by atoms with Crippen LogP contribution >= 0.6 is 27.5 Å². The van der Waals surface area contributed by atoms with Crippen molar-refractivity contribution in [3.63, 3.8) is 0 Å². The van der Waals surface area contributed by atoms with Crippen molar-refractivity contribution in [1.82, 2.24) is 9.97 Å². The molecule has 2 aromatic rings. The first-order valence-electron chi connectivity index (χ1n) is 6.75.